The second kappa shape index (κ2) is 29.3. The van der Waals surface area contributed by atoms with Crippen molar-refractivity contribution >= 4 is 121 Å². The monoisotopic (exact) mass is 1480 g/mol. The largest absolute Gasteiger partial charge is 0.506 e. The number of pyridine rings is 1. The van der Waals surface area contributed by atoms with Gasteiger partial charge in [-0.05, 0) is 66.4 Å². The number of carbonyl (C=O) groups is 8. The van der Waals surface area contributed by atoms with Crippen LogP contribution in [0.2, 0.25) is 0 Å². The number of ether oxygens (including phenoxy) is 6. The van der Waals surface area contributed by atoms with Gasteiger partial charge in [-0.2, -0.15) is 4.73 Å². The second-order valence-corrected chi connectivity index (χ2v) is 28.6. The fourth-order valence-electron chi connectivity index (χ4n) is 12.1. The van der Waals surface area contributed by atoms with Crippen LogP contribution in [-0.2, 0) is 56.0 Å². The molecule has 0 aliphatic carbocycles. The quantitative estimate of drug-likeness (QED) is 0.0502. The van der Waals surface area contributed by atoms with Gasteiger partial charge in [0.25, 0.3) is 23.6 Å². The Morgan fingerprint density at radius 1 is 0.842 bits per heavy atom. The molecule has 8 aromatic rings. The molecule has 532 valence electrons. The number of rotatable bonds is 11. The molecule has 0 saturated carbocycles. The van der Waals surface area contributed by atoms with Gasteiger partial charge in [-0.15, -0.1) is 56.7 Å². The summed E-state index contributed by atoms with van der Waals surface area (Å²) in [5.74, 6) is -7.75. The van der Waals surface area contributed by atoms with Gasteiger partial charge in [0.2, 0.25) is 11.8 Å². The molecular weight excluding hydrogens is 1420 g/mol. The number of aliphatic hydroxyl groups is 3. The number of benzene rings is 1. The highest BCUT2D eigenvalue weighted by molar-refractivity contribution is 7.14. The Bertz CT molecular complexity index is 4610. The molecule has 0 unspecified atom stereocenters. The first kappa shape index (κ1) is 71.5. The number of fused-ring (bicyclic) bond motifs is 15. The number of hydrogen-bond donors (Lipinski definition) is 11. The number of nitrogens with one attached hydrogen (secondary N) is 6. The summed E-state index contributed by atoms with van der Waals surface area (Å²) in [4.78, 5) is 145. The number of thiazole rings is 5. The van der Waals surface area contributed by atoms with E-state index in [0.717, 1.165) is 56.7 Å². The topological polar surface area (TPSA) is 451 Å². The highest BCUT2D eigenvalue weighted by Crippen LogP contribution is 2.43. The fourth-order valence-corrected chi connectivity index (χ4v) is 16.3. The molecule has 12 rings (SSSR count). The van der Waals surface area contributed by atoms with Crippen molar-refractivity contribution in [3.05, 3.63) is 112 Å². The molecule has 11 heterocycles. The van der Waals surface area contributed by atoms with E-state index in [1.807, 2.05) is 0 Å². The summed E-state index contributed by atoms with van der Waals surface area (Å²) >= 11 is 4.49. The van der Waals surface area contributed by atoms with Crippen LogP contribution in [-0.4, -0.2) is 208 Å². The van der Waals surface area contributed by atoms with Gasteiger partial charge in [0.1, 0.15) is 126 Å². The van der Waals surface area contributed by atoms with Gasteiger partial charge in [-0.1, -0.05) is 12.1 Å². The Morgan fingerprint density at radius 2 is 1.51 bits per heavy atom. The summed E-state index contributed by atoms with van der Waals surface area (Å²) in [6.45, 7) is 5.28. The van der Waals surface area contributed by atoms with Gasteiger partial charge in [0.15, 0.2) is 18.1 Å². The van der Waals surface area contributed by atoms with Crippen molar-refractivity contribution in [3.8, 4) is 38.4 Å². The molecule has 6 amide bonds. The third-order valence-corrected chi connectivity index (χ3v) is 21.4. The van der Waals surface area contributed by atoms with E-state index in [-0.39, 0.29) is 118 Å². The van der Waals surface area contributed by atoms with E-state index in [1.54, 1.807) is 45.0 Å². The number of aliphatic hydroxyl groups excluding tert-OH is 2. The number of hydrogen-bond acceptors (Lipinski definition) is 31. The van der Waals surface area contributed by atoms with E-state index in [1.165, 1.54) is 66.9 Å². The fraction of sp³-hybridized carbons (Fsp3) is 0.397. The lowest BCUT2D eigenvalue weighted by Gasteiger charge is -2.48. The van der Waals surface area contributed by atoms with E-state index < -0.39 is 145 Å². The summed E-state index contributed by atoms with van der Waals surface area (Å²) < 4.78 is 38.2. The summed E-state index contributed by atoms with van der Waals surface area (Å²) in [5, 5.41) is 79.6. The molecule has 1 fully saturated rings. The zero-order valence-corrected chi connectivity index (χ0v) is 58.9. The molecule has 0 spiro atoms. The van der Waals surface area contributed by atoms with Crippen LogP contribution in [0.5, 0.6) is 5.75 Å². The normalized spacial score (nSPS) is 24.0. The first-order valence-corrected chi connectivity index (χ1v) is 35.5. The lowest BCUT2D eigenvalue weighted by Crippen LogP contribution is -2.62. The predicted molar refractivity (Wildman–Crippen MR) is 361 cm³/mol. The maximum atomic E-state index is 15.2. The molecule has 1 saturated heterocycles. The minimum absolute atomic E-state index is 0.00840. The van der Waals surface area contributed by atoms with E-state index in [4.69, 9.17) is 43.4 Å². The smallest absolute Gasteiger partial charge is 0.358 e. The van der Waals surface area contributed by atoms with Gasteiger partial charge in [0, 0.05) is 56.4 Å². The van der Waals surface area contributed by atoms with Crippen LogP contribution in [0.4, 0.5) is 0 Å². The molecule has 0 radical (unpaired) electrons. The lowest BCUT2D eigenvalue weighted by molar-refractivity contribution is -0.280. The molecule has 4 aliphatic rings. The minimum Gasteiger partial charge on any atom is -0.506 e. The Labute approximate surface area is 592 Å². The van der Waals surface area contributed by atoms with Crippen LogP contribution in [0.3, 0.4) is 0 Å². The van der Waals surface area contributed by atoms with Crippen LogP contribution in [0.25, 0.3) is 49.3 Å². The first-order valence-electron chi connectivity index (χ1n) is 31.1. The SMILES string of the molecule is CO/C(C)=C1/NC(=O)[C@H]([C@@H](C)O)NC(=O)c2csc(n2)-c2cc(O)c(-c3nc(C(=O)N[C@@H](C)C(=O)NCCO)cs3)nc2-c2csc(n2)[C@@H]2COC(=O)c3c4c5c(cccc5n3O)COC(=O)[C@@H](O[C@H]3C[C@](C)(O)[C@H](N(C)C)[C@H](C)O3)[C@@H](OC4)[C@H](NC(=O)c3csc1n3)c1nc(cs1)C(=O)N2. The summed E-state index contributed by atoms with van der Waals surface area (Å²) in [7, 11) is 4.84. The average Bonchev–Trinajstić information content (AvgIpc) is 1.75. The van der Waals surface area contributed by atoms with Crippen molar-refractivity contribution in [1.82, 2.24) is 71.4 Å². The summed E-state index contributed by atoms with van der Waals surface area (Å²) in [6.07, 6.45) is -7.57. The average molecular weight is 1480 g/mol. The third kappa shape index (κ3) is 14.5. The molecule has 11 N–H and O–H groups in total. The second-order valence-electron chi connectivity index (χ2n) is 24.2. The molecular formula is C63H66N14O19S5. The van der Waals surface area contributed by atoms with Gasteiger partial charge in [0.05, 0.1) is 49.7 Å². The van der Waals surface area contributed by atoms with E-state index in [9.17, 15) is 44.8 Å². The predicted octanol–water partition coefficient (Wildman–Crippen LogP) is 3.39. The molecule has 7 aromatic heterocycles. The Kier molecular flexibility index (Phi) is 20.8. The molecule has 12 bridgehead atoms. The van der Waals surface area contributed by atoms with Crippen molar-refractivity contribution in [2.45, 2.75) is 121 Å². The number of amides is 6. The van der Waals surface area contributed by atoms with Crippen molar-refractivity contribution in [1.29, 1.82) is 0 Å². The number of cyclic esters (lactones) is 2. The van der Waals surface area contributed by atoms with E-state index in [0.29, 0.717) is 10.3 Å². The molecule has 101 heavy (non-hydrogen) atoms. The Hall–Kier alpha value is -9.32. The number of likely N-dealkylation sites (N-methyl/N-ethyl adjacent to an activating group) is 1. The van der Waals surface area contributed by atoms with E-state index >= 15 is 19.2 Å². The van der Waals surface area contributed by atoms with E-state index in [2.05, 4.69) is 46.9 Å². The molecule has 38 heteroatoms. The molecule has 11 atom stereocenters. The zero-order valence-electron chi connectivity index (χ0n) is 54.8. The van der Waals surface area contributed by atoms with Crippen LogP contribution in [0, 0.1) is 0 Å². The zero-order chi connectivity index (χ0) is 72.0. The highest BCUT2D eigenvalue weighted by Gasteiger charge is 2.50. The molecule has 33 nitrogen and oxygen atoms in total. The Balaban J connectivity index is 1.03. The van der Waals surface area contributed by atoms with Crippen LogP contribution < -0.4 is 31.9 Å². The molecule has 4 aliphatic heterocycles. The van der Waals surface area contributed by atoms with Crippen LogP contribution in [0.1, 0.15) is 132 Å². The number of nitrogens with zero attached hydrogens (tertiary/aromatic N) is 8. The summed E-state index contributed by atoms with van der Waals surface area (Å²) in [6, 6.07) is -0.412. The van der Waals surface area contributed by atoms with Gasteiger partial charge < -0.3 is 90.9 Å². The van der Waals surface area contributed by atoms with Gasteiger partial charge in [-0.25, -0.2) is 39.5 Å². The number of methoxy groups -OCH3 is 1. The highest BCUT2D eigenvalue weighted by atomic mass is 32.1. The first-order chi connectivity index (χ1) is 48.2. The molecule has 1 aromatic carbocycles. The number of allylic oxidation sites excluding steroid dienone is 1. The van der Waals surface area contributed by atoms with Gasteiger partial charge >= 0.3 is 11.9 Å². The number of aromatic nitrogens is 7. The number of carbonyl (C=O) groups excluding carboxylic acids is 8. The number of aromatic hydroxyl groups is 1. The van der Waals surface area contributed by atoms with Crippen LogP contribution >= 0.6 is 56.7 Å². The van der Waals surface area contributed by atoms with Gasteiger partial charge in [-0.3, -0.25) is 28.8 Å². The maximum absolute atomic E-state index is 15.2. The Morgan fingerprint density at radius 3 is 2.24 bits per heavy atom. The standard InChI is InChI=1S/C63H66N14O19S5/c1-24(50(81)64-12-13-78)65-51(82)33-21-100-59(70-33)44-38(80)14-29-43(72-44)32-19-98-57(67-32)31-18-94-61(87)46-30-17-92-47(48(96-39-15-63(5,89)49(76(6)7)27(4)95-39)62(88)93-16-28-10-9-11-37(40(28)30)77(46)90)45(60-71-34(22-101-60)52(83)66-31)75-54(85)36-23-99-58(69-36)42(26(3)91-8)74-55(86)41(25(2)79)73-53(84)35-20-97-56(29)68-35/h9-11,14,19-25,27,31,39,41,45,47-49,78-80,89-90H,12-13,15-18H2,1-8H3,(H,64,81)(H,65,82)(H,66,83)(H,73,84)(H,74,86)(H,75,85)/b42-26+/t24-,25+,27-,31-,39-,41-,45-,47-,48-,49+,63-/m0/s1. The maximum Gasteiger partial charge on any atom is 0.358 e. The van der Waals surface area contributed by atoms with Crippen molar-refractivity contribution in [3.63, 3.8) is 0 Å². The van der Waals surface area contributed by atoms with Crippen molar-refractivity contribution in [2.24, 2.45) is 0 Å². The number of esters is 2. The third-order valence-electron chi connectivity index (χ3n) is 16.9. The van der Waals surface area contributed by atoms with Crippen molar-refractivity contribution in [2.75, 3.05) is 41.0 Å². The van der Waals surface area contributed by atoms with Crippen molar-refractivity contribution < 1.29 is 92.4 Å². The summed E-state index contributed by atoms with van der Waals surface area (Å²) in [5.41, 5.74) is -2.79. The lowest BCUT2D eigenvalue weighted by atomic mass is 9.85. The van der Waals surface area contributed by atoms with Crippen LogP contribution in [0.15, 0.2) is 56.9 Å². The minimum atomic E-state index is -1.92.